The number of ether oxygens (including phenoxy) is 1. The van der Waals surface area contributed by atoms with Crippen molar-refractivity contribution in [1.82, 2.24) is 5.32 Å². The van der Waals surface area contributed by atoms with Gasteiger partial charge in [0.1, 0.15) is 0 Å². The predicted molar refractivity (Wildman–Crippen MR) is 103 cm³/mol. The number of amides is 1. The van der Waals surface area contributed by atoms with Gasteiger partial charge in [-0.05, 0) is 23.6 Å². The van der Waals surface area contributed by atoms with Crippen molar-refractivity contribution < 1.29 is 19.1 Å². The lowest BCUT2D eigenvalue weighted by Crippen LogP contribution is -2.37. The Morgan fingerprint density at radius 1 is 0.929 bits per heavy atom. The Morgan fingerprint density at radius 3 is 2.25 bits per heavy atom. The average molecular weight is 376 g/mol. The zero-order valence-electron chi connectivity index (χ0n) is 15.2. The first-order valence-electron chi connectivity index (χ1n) is 8.87. The first-order chi connectivity index (χ1) is 13.6. The lowest BCUT2D eigenvalue weighted by atomic mass is 9.99. The van der Waals surface area contributed by atoms with E-state index in [4.69, 9.17) is 4.74 Å². The van der Waals surface area contributed by atoms with Crippen LogP contribution in [-0.2, 0) is 16.0 Å². The predicted octanol–water partition coefficient (Wildman–Crippen LogP) is 2.58. The summed E-state index contributed by atoms with van der Waals surface area (Å²) in [6.45, 7) is -0.466. The van der Waals surface area contributed by atoms with E-state index >= 15 is 0 Å². The van der Waals surface area contributed by atoms with Gasteiger partial charge in [0.25, 0.3) is 5.91 Å². The summed E-state index contributed by atoms with van der Waals surface area (Å²) >= 11 is 0. The number of esters is 1. The maximum atomic E-state index is 12.4. The molecule has 142 valence electrons. The van der Waals surface area contributed by atoms with Gasteiger partial charge < -0.3 is 15.3 Å². The summed E-state index contributed by atoms with van der Waals surface area (Å²) in [5.74, 6) is -1.28. The number of pyridine rings is 1. The third kappa shape index (κ3) is 5.17. The summed E-state index contributed by atoms with van der Waals surface area (Å²) < 4.78 is 5.39. The first-order valence-corrected chi connectivity index (χ1v) is 8.87. The van der Waals surface area contributed by atoms with E-state index in [9.17, 15) is 14.8 Å². The lowest BCUT2D eigenvalue weighted by molar-refractivity contribution is -0.608. The molecule has 3 rings (SSSR count). The minimum absolute atomic E-state index is 0.167. The Kier molecular flexibility index (Phi) is 6.36. The second-order valence-electron chi connectivity index (χ2n) is 6.21. The molecule has 1 aromatic heterocycles. The number of hydrogen-bond donors (Lipinski definition) is 1. The van der Waals surface area contributed by atoms with Gasteiger partial charge in [0.05, 0.1) is 6.04 Å². The van der Waals surface area contributed by atoms with Gasteiger partial charge >= 0.3 is 11.7 Å². The number of nitrogens with zero attached hydrogens (tertiary/aromatic N) is 1. The van der Waals surface area contributed by atoms with Crippen molar-refractivity contribution in [2.24, 2.45) is 0 Å². The quantitative estimate of drug-likeness (QED) is 0.390. The van der Waals surface area contributed by atoms with Gasteiger partial charge in [-0.1, -0.05) is 60.7 Å². The van der Waals surface area contributed by atoms with Gasteiger partial charge in [0.2, 0.25) is 0 Å². The summed E-state index contributed by atoms with van der Waals surface area (Å²) in [4.78, 5) is 24.4. The summed E-state index contributed by atoms with van der Waals surface area (Å²) in [5, 5.41) is 14.5. The molecule has 3 aromatic rings. The molecule has 0 saturated carbocycles. The molecule has 28 heavy (non-hydrogen) atoms. The van der Waals surface area contributed by atoms with Crippen molar-refractivity contribution in [1.29, 1.82) is 0 Å². The SMILES string of the molecule is O=C(COC(=O)c1cccc[n+]1[O-])N[C@@H](Cc1ccccc1)c1ccccc1. The van der Waals surface area contributed by atoms with E-state index in [0.29, 0.717) is 11.2 Å². The van der Waals surface area contributed by atoms with E-state index in [1.54, 1.807) is 6.07 Å². The third-order valence-electron chi connectivity index (χ3n) is 4.19. The number of carbonyl (C=O) groups is 2. The van der Waals surface area contributed by atoms with Crippen LogP contribution in [0.15, 0.2) is 85.1 Å². The minimum atomic E-state index is -0.843. The Bertz CT molecular complexity index is 930. The molecule has 0 fully saturated rings. The monoisotopic (exact) mass is 376 g/mol. The number of hydrogen-bond acceptors (Lipinski definition) is 4. The standard InChI is InChI=1S/C22H20N2O4/c25-21(16-28-22(26)20-13-7-8-14-24(20)27)23-19(18-11-5-2-6-12-18)15-17-9-3-1-4-10-17/h1-14,19H,15-16H2,(H,23,25)/t19-/m0/s1. The Morgan fingerprint density at radius 2 is 1.57 bits per heavy atom. The van der Waals surface area contributed by atoms with E-state index < -0.39 is 18.5 Å². The molecule has 0 radical (unpaired) electrons. The third-order valence-corrected chi connectivity index (χ3v) is 4.19. The molecule has 1 amide bonds. The molecule has 1 atom stereocenters. The van der Waals surface area contributed by atoms with Crippen molar-refractivity contribution in [2.75, 3.05) is 6.61 Å². The van der Waals surface area contributed by atoms with E-state index in [-0.39, 0.29) is 11.7 Å². The Labute approximate surface area is 163 Å². The van der Waals surface area contributed by atoms with Crippen LogP contribution in [0.5, 0.6) is 0 Å². The molecule has 0 spiro atoms. The maximum Gasteiger partial charge on any atom is 0.405 e. The Hall–Kier alpha value is -3.67. The van der Waals surface area contributed by atoms with E-state index in [1.165, 1.54) is 18.3 Å². The zero-order chi connectivity index (χ0) is 19.8. The highest BCUT2D eigenvalue weighted by Crippen LogP contribution is 2.18. The number of carbonyl (C=O) groups excluding carboxylic acids is 2. The molecule has 6 nitrogen and oxygen atoms in total. The molecule has 1 heterocycles. The van der Waals surface area contributed by atoms with Crippen molar-refractivity contribution in [3.63, 3.8) is 0 Å². The molecular formula is C22H20N2O4. The summed E-state index contributed by atoms with van der Waals surface area (Å²) in [7, 11) is 0. The van der Waals surface area contributed by atoms with E-state index in [1.807, 2.05) is 60.7 Å². The molecule has 0 aliphatic carbocycles. The van der Waals surface area contributed by atoms with Crippen LogP contribution in [0.25, 0.3) is 0 Å². The second kappa shape index (κ2) is 9.32. The van der Waals surface area contributed by atoms with Gasteiger partial charge in [0.15, 0.2) is 12.8 Å². The van der Waals surface area contributed by atoms with Crippen LogP contribution >= 0.6 is 0 Å². The molecule has 6 heteroatoms. The minimum Gasteiger partial charge on any atom is -0.618 e. The summed E-state index contributed by atoms with van der Waals surface area (Å²) in [6.07, 6.45) is 1.80. The molecule has 2 aromatic carbocycles. The fraction of sp³-hybridized carbons (Fsp3) is 0.136. The van der Waals surface area contributed by atoms with Crippen LogP contribution in [0.4, 0.5) is 0 Å². The number of benzene rings is 2. The van der Waals surface area contributed by atoms with Gasteiger partial charge in [0, 0.05) is 12.1 Å². The number of rotatable bonds is 7. The fourth-order valence-corrected chi connectivity index (χ4v) is 2.81. The normalized spacial score (nSPS) is 11.4. The van der Waals surface area contributed by atoms with Crippen LogP contribution in [-0.4, -0.2) is 18.5 Å². The second-order valence-corrected chi connectivity index (χ2v) is 6.21. The van der Waals surface area contributed by atoms with Crippen LogP contribution in [0.2, 0.25) is 0 Å². The molecule has 0 aliphatic heterocycles. The van der Waals surface area contributed by atoms with Crippen LogP contribution < -0.4 is 10.0 Å². The van der Waals surface area contributed by atoms with Crippen molar-refractivity contribution >= 4 is 11.9 Å². The van der Waals surface area contributed by atoms with Gasteiger partial charge in [-0.25, -0.2) is 4.79 Å². The van der Waals surface area contributed by atoms with Crippen molar-refractivity contribution in [2.45, 2.75) is 12.5 Å². The highest BCUT2D eigenvalue weighted by molar-refractivity contribution is 5.88. The topological polar surface area (TPSA) is 82.3 Å². The van der Waals surface area contributed by atoms with Crippen molar-refractivity contribution in [3.8, 4) is 0 Å². The molecule has 0 bridgehead atoms. The number of aromatic nitrogens is 1. The smallest absolute Gasteiger partial charge is 0.405 e. The first kappa shape index (κ1) is 19.1. The van der Waals surface area contributed by atoms with Gasteiger partial charge in [-0.15, -0.1) is 0 Å². The van der Waals surface area contributed by atoms with Gasteiger partial charge in [-0.2, -0.15) is 4.73 Å². The van der Waals surface area contributed by atoms with Gasteiger partial charge in [-0.3, -0.25) is 4.79 Å². The Balaban J connectivity index is 1.64. The van der Waals surface area contributed by atoms with E-state index in [2.05, 4.69) is 5.32 Å². The maximum absolute atomic E-state index is 12.4. The van der Waals surface area contributed by atoms with Crippen LogP contribution in [0, 0.1) is 5.21 Å². The molecule has 0 saturated heterocycles. The lowest BCUT2D eigenvalue weighted by Gasteiger charge is -2.19. The number of nitrogens with one attached hydrogen (secondary N) is 1. The fourth-order valence-electron chi connectivity index (χ4n) is 2.81. The summed E-state index contributed by atoms with van der Waals surface area (Å²) in [5.41, 5.74) is 1.86. The highest BCUT2D eigenvalue weighted by atomic mass is 16.5. The molecule has 1 N–H and O–H groups in total. The zero-order valence-corrected chi connectivity index (χ0v) is 15.2. The molecule has 0 unspecified atom stereocenters. The van der Waals surface area contributed by atoms with Crippen molar-refractivity contribution in [3.05, 3.63) is 107 Å². The van der Waals surface area contributed by atoms with Crippen LogP contribution in [0.3, 0.4) is 0 Å². The summed E-state index contributed by atoms with van der Waals surface area (Å²) in [6, 6.07) is 23.5. The molecular weight excluding hydrogens is 356 g/mol. The largest absolute Gasteiger partial charge is 0.618 e. The highest BCUT2D eigenvalue weighted by Gasteiger charge is 2.20. The van der Waals surface area contributed by atoms with E-state index in [0.717, 1.165) is 11.1 Å². The average Bonchev–Trinajstić information content (AvgIpc) is 2.73. The van der Waals surface area contributed by atoms with Crippen LogP contribution in [0.1, 0.15) is 27.7 Å². The molecule has 0 aliphatic rings.